The van der Waals surface area contributed by atoms with Crippen LogP contribution in [-0.2, 0) is 9.84 Å². The standard InChI is InChI=1S/C13H20N2O5S/c1-2-8-14-11(7-9-16)10-21(19,20)13-5-3-12(4-6-13)15(17)18/h3-6,11,14,16H,2,7-10H2,1H3. The highest BCUT2D eigenvalue weighted by molar-refractivity contribution is 7.91. The molecule has 0 fully saturated rings. The highest BCUT2D eigenvalue weighted by Crippen LogP contribution is 2.18. The Labute approximate surface area is 124 Å². The third-order valence-electron chi connectivity index (χ3n) is 2.99. The molecular formula is C13H20N2O5S. The van der Waals surface area contributed by atoms with Crippen LogP contribution in [0.25, 0.3) is 0 Å². The van der Waals surface area contributed by atoms with Gasteiger partial charge < -0.3 is 10.4 Å². The van der Waals surface area contributed by atoms with E-state index >= 15 is 0 Å². The fourth-order valence-corrected chi connectivity index (χ4v) is 3.44. The lowest BCUT2D eigenvalue weighted by molar-refractivity contribution is -0.384. The van der Waals surface area contributed by atoms with E-state index in [0.717, 1.165) is 6.42 Å². The van der Waals surface area contributed by atoms with Crippen LogP contribution in [-0.4, -0.2) is 43.4 Å². The van der Waals surface area contributed by atoms with E-state index in [9.17, 15) is 18.5 Å². The summed E-state index contributed by atoms with van der Waals surface area (Å²) in [6.07, 6.45) is 1.20. The zero-order valence-corrected chi connectivity index (χ0v) is 12.7. The van der Waals surface area contributed by atoms with Crippen LogP contribution in [0.4, 0.5) is 5.69 Å². The van der Waals surface area contributed by atoms with Crippen molar-refractivity contribution < 1.29 is 18.4 Å². The molecule has 0 aliphatic carbocycles. The highest BCUT2D eigenvalue weighted by Gasteiger charge is 2.21. The van der Waals surface area contributed by atoms with Crippen molar-refractivity contribution in [3.05, 3.63) is 34.4 Å². The number of benzene rings is 1. The Hall–Kier alpha value is -1.51. The highest BCUT2D eigenvalue weighted by atomic mass is 32.2. The number of aliphatic hydroxyl groups excluding tert-OH is 1. The molecule has 0 aliphatic rings. The van der Waals surface area contributed by atoms with E-state index in [1.807, 2.05) is 6.92 Å². The van der Waals surface area contributed by atoms with Gasteiger partial charge in [0.2, 0.25) is 0 Å². The number of nitrogens with zero attached hydrogens (tertiary/aromatic N) is 1. The number of hydrogen-bond donors (Lipinski definition) is 2. The summed E-state index contributed by atoms with van der Waals surface area (Å²) < 4.78 is 24.5. The van der Waals surface area contributed by atoms with Crippen molar-refractivity contribution >= 4 is 15.5 Å². The lowest BCUT2D eigenvalue weighted by atomic mass is 10.2. The fourth-order valence-electron chi connectivity index (χ4n) is 1.88. The third kappa shape index (κ3) is 5.41. The van der Waals surface area contributed by atoms with E-state index in [2.05, 4.69) is 5.32 Å². The summed E-state index contributed by atoms with van der Waals surface area (Å²) in [5.74, 6) is -0.147. The molecule has 7 nitrogen and oxygen atoms in total. The summed E-state index contributed by atoms with van der Waals surface area (Å²) in [7, 11) is -3.55. The van der Waals surface area contributed by atoms with Crippen LogP contribution in [0, 0.1) is 10.1 Å². The number of nitrogens with one attached hydrogen (secondary N) is 1. The molecule has 8 heteroatoms. The van der Waals surface area contributed by atoms with Crippen molar-refractivity contribution in [2.75, 3.05) is 18.9 Å². The summed E-state index contributed by atoms with van der Waals surface area (Å²) in [5.41, 5.74) is -0.148. The minimum absolute atomic E-state index is 0.0503. The lowest BCUT2D eigenvalue weighted by Gasteiger charge is -2.17. The summed E-state index contributed by atoms with van der Waals surface area (Å²) in [5, 5.41) is 22.6. The van der Waals surface area contributed by atoms with Crippen molar-refractivity contribution in [3.8, 4) is 0 Å². The van der Waals surface area contributed by atoms with Gasteiger partial charge in [0.15, 0.2) is 9.84 Å². The molecule has 1 aromatic carbocycles. The molecule has 118 valence electrons. The predicted molar refractivity (Wildman–Crippen MR) is 78.9 cm³/mol. The average molecular weight is 316 g/mol. The second kappa shape index (κ2) is 8.06. The number of non-ortho nitro benzene ring substituents is 1. The lowest BCUT2D eigenvalue weighted by Crippen LogP contribution is -2.37. The molecule has 1 atom stereocenters. The van der Waals surface area contributed by atoms with Crippen molar-refractivity contribution in [2.45, 2.75) is 30.7 Å². The van der Waals surface area contributed by atoms with Crippen LogP contribution in [0.15, 0.2) is 29.2 Å². The van der Waals surface area contributed by atoms with E-state index in [1.165, 1.54) is 24.3 Å². The molecule has 0 saturated heterocycles. The Balaban J connectivity index is 2.85. The first-order chi connectivity index (χ1) is 9.90. The molecule has 2 N–H and O–H groups in total. The van der Waals surface area contributed by atoms with Gasteiger partial charge in [-0.3, -0.25) is 10.1 Å². The van der Waals surface area contributed by atoms with Crippen LogP contribution in [0.1, 0.15) is 19.8 Å². The smallest absolute Gasteiger partial charge is 0.269 e. The number of sulfone groups is 1. The van der Waals surface area contributed by atoms with Gasteiger partial charge in [-0.05, 0) is 31.5 Å². The first-order valence-corrected chi connectivity index (χ1v) is 8.37. The first kappa shape index (κ1) is 17.5. The Kier molecular flexibility index (Phi) is 6.73. The van der Waals surface area contributed by atoms with Crippen molar-refractivity contribution in [1.29, 1.82) is 0 Å². The third-order valence-corrected chi connectivity index (χ3v) is 4.82. The fraction of sp³-hybridized carbons (Fsp3) is 0.538. The zero-order valence-electron chi connectivity index (χ0n) is 11.9. The van der Waals surface area contributed by atoms with E-state index < -0.39 is 14.8 Å². The average Bonchev–Trinajstić information content (AvgIpc) is 2.45. The van der Waals surface area contributed by atoms with Crippen LogP contribution < -0.4 is 5.32 Å². The minimum Gasteiger partial charge on any atom is -0.396 e. The Bertz CT molecular complexity index is 556. The van der Waals surface area contributed by atoms with Gasteiger partial charge in [0, 0.05) is 24.8 Å². The van der Waals surface area contributed by atoms with E-state index in [4.69, 9.17) is 5.11 Å². The molecule has 0 saturated carbocycles. The van der Waals surface area contributed by atoms with Gasteiger partial charge >= 0.3 is 0 Å². The molecule has 1 rings (SSSR count). The molecule has 1 unspecified atom stereocenters. The number of aliphatic hydroxyl groups is 1. The van der Waals surface area contributed by atoms with Crippen molar-refractivity contribution in [3.63, 3.8) is 0 Å². The summed E-state index contributed by atoms with van der Waals surface area (Å²) in [4.78, 5) is 10.0. The normalized spacial score (nSPS) is 13.0. The number of hydrogen-bond acceptors (Lipinski definition) is 6. The predicted octanol–water partition coefficient (Wildman–Crippen LogP) is 1.12. The second-order valence-corrected chi connectivity index (χ2v) is 6.73. The van der Waals surface area contributed by atoms with E-state index in [1.54, 1.807) is 0 Å². The van der Waals surface area contributed by atoms with Crippen LogP contribution in [0.5, 0.6) is 0 Å². The van der Waals surface area contributed by atoms with Crippen LogP contribution in [0.2, 0.25) is 0 Å². The van der Waals surface area contributed by atoms with Gasteiger partial charge in [0.1, 0.15) is 0 Å². The van der Waals surface area contributed by atoms with Gasteiger partial charge in [0.05, 0.1) is 15.6 Å². The molecule has 0 bridgehead atoms. The number of rotatable bonds is 9. The monoisotopic (exact) mass is 316 g/mol. The maximum atomic E-state index is 12.3. The first-order valence-electron chi connectivity index (χ1n) is 6.72. The molecule has 21 heavy (non-hydrogen) atoms. The largest absolute Gasteiger partial charge is 0.396 e. The maximum Gasteiger partial charge on any atom is 0.269 e. The van der Waals surface area contributed by atoms with Gasteiger partial charge in [0.25, 0.3) is 5.69 Å². The Morgan fingerprint density at radius 1 is 1.33 bits per heavy atom. The number of nitro groups is 1. The molecule has 0 aliphatic heterocycles. The molecular weight excluding hydrogens is 296 g/mol. The molecule has 0 amide bonds. The van der Waals surface area contributed by atoms with Gasteiger partial charge in [-0.2, -0.15) is 0 Å². The molecule has 0 heterocycles. The minimum atomic E-state index is -3.55. The van der Waals surface area contributed by atoms with Crippen molar-refractivity contribution in [2.24, 2.45) is 0 Å². The Morgan fingerprint density at radius 3 is 2.43 bits per heavy atom. The SMILES string of the molecule is CCCNC(CCO)CS(=O)(=O)c1ccc([N+](=O)[O-])cc1. The summed E-state index contributed by atoms with van der Waals surface area (Å²) in [6.45, 7) is 2.53. The zero-order chi connectivity index (χ0) is 15.9. The summed E-state index contributed by atoms with van der Waals surface area (Å²) >= 11 is 0. The quantitative estimate of drug-likeness (QED) is 0.522. The van der Waals surface area contributed by atoms with Crippen molar-refractivity contribution in [1.82, 2.24) is 5.32 Å². The number of nitro benzene ring substituents is 1. The Morgan fingerprint density at radius 2 is 1.95 bits per heavy atom. The van der Waals surface area contributed by atoms with Gasteiger partial charge in [-0.1, -0.05) is 6.92 Å². The van der Waals surface area contributed by atoms with Crippen LogP contribution >= 0.6 is 0 Å². The van der Waals surface area contributed by atoms with Gasteiger partial charge in [-0.25, -0.2) is 8.42 Å². The van der Waals surface area contributed by atoms with Gasteiger partial charge in [-0.15, -0.1) is 0 Å². The molecule has 0 aromatic heterocycles. The second-order valence-electron chi connectivity index (χ2n) is 4.70. The summed E-state index contributed by atoms with van der Waals surface area (Å²) in [6, 6.07) is 4.49. The van der Waals surface area contributed by atoms with Crippen LogP contribution in [0.3, 0.4) is 0 Å². The molecule has 0 radical (unpaired) electrons. The van der Waals surface area contributed by atoms with E-state index in [-0.39, 0.29) is 29.0 Å². The molecule has 1 aromatic rings. The molecule has 0 spiro atoms. The topological polar surface area (TPSA) is 110 Å². The maximum absolute atomic E-state index is 12.3. The van der Waals surface area contributed by atoms with E-state index in [0.29, 0.717) is 13.0 Å².